The van der Waals surface area contributed by atoms with Crippen LogP contribution in [0.5, 0.6) is 0 Å². The standard InChI is InChI=1S/C27H17Cl/c28-18-14-15-23-24(16-18)26-21-12-6-4-10-19(21)20-11-5-7-13-22(20)27(26)25(23)17-8-2-1-3-9-17/h1-16,25H. The number of fused-ring (bicyclic) bond motifs is 8. The molecule has 1 atom stereocenters. The maximum atomic E-state index is 6.45. The summed E-state index contributed by atoms with van der Waals surface area (Å²) in [4.78, 5) is 0. The van der Waals surface area contributed by atoms with Crippen molar-refractivity contribution in [3.8, 4) is 11.1 Å². The Balaban J connectivity index is 1.86. The van der Waals surface area contributed by atoms with Gasteiger partial charge in [-0.25, -0.2) is 0 Å². The largest absolute Gasteiger partial charge is 0.0843 e. The van der Waals surface area contributed by atoms with Crippen molar-refractivity contribution in [2.45, 2.75) is 5.92 Å². The Bertz CT molecular complexity index is 1370. The smallest absolute Gasteiger partial charge is 0.0412 e. The van der Waals surface area contributed by atoms with Crippen molar-refractivity contribution in [3.63, 3.8) is 0 Å². The van der Waals surface area contributed by atoms with E-state index in [1.807, 2.05) is 6.07 Å². The molecule has 0 spiro atoms. The molecule has 0 heterocycles. The average Bonchev–Trinajstić information content (AvgIpc) is 3.09. The molecule has 0 saturated heterocycles. The number of rotatable bonds is 1. The molecule has 0 bridgehead atoms. The minimum Gasteiger partial charge on any atom is -0.0843 e. The molecule has 1 aliphatic rings. The van der Waals surface area contributed by atoms with E-state index in [4.69, 9.17) is 11.6 Å². The van der Waals surface area contributed by atoms with Crippen LogP contribution in [0.1, 0.15) is 22.6 Å². The lowest BCUT2D eigenvalue weighted by atomic mass is 9.85. The minimum absolute atomic E-state index is 0.220. The highest BCUT2D eigenvalue weighted by atomic mass is 35.5. The summed E-state index contributed by atoms with van der Waals surface area (Å²) in [5.74, 6) is 0.220. The van der Waals surface area contributed by atoms with Crippen LogP contribution in [0.2, 0.25) is 5.02 Å². The van der Waals surface area contributed by atoms with Gasteiger partial charge in [-0.2, -0.15) is 0 Å². The Labute approximate surface area is 169 Å². The fourth-order valence-corrected chi connectivity index (χ4v) is 5.07. The van der Waals surface area contributed by atoms with Crippen molar-refractivity contribution >= 4 is 33.1 Å². The summed E-state index contributed by atoms with van der Waals surface area (Å²) in [7, 11) is 0. The Hall–Kier alpha value is -3.09. The number of hydrogen-bond donors (Lipinski definition) is 0. The molecule has 0 radical (unpaired) electrons. The molecule has 132 valence electrons. The minimum atomic E-state index is 0.220. The van der Waals surface area contributed by atoms with Gasteiger partial charge in [0.05, 0.1) is 0 Å². The first-order valence-corrected chi connectivity index (χ1v) is 9.99. The molecule has 6 rings (SSSR count). The Kier molecular flexibility index (Phi) is 3.38. The fourth-order valence-electron chi connectivity index (χ4n) is 4.90. The van der Waals surface area contributed by atoms with Crippen LogP contribution in [0.4, 0.5) is 0 Å². The molecule has 0 fully saturated rings. The third kappa shape index (κ3) is 2.13. The van der Waals surface area contributed by atoms with Gasteiger partial charge in [-0.05, 0) is 61.5 Å². The zero-order valence-electron chi connectivity index (χ0n) is 15.2. The third-order valence-electron chi connectivity index (χ3n) is 5.99. The molecule has 5 aromatic rings. The van der Waals surface area contributed by atoms with Crippen LogP contribution in [0, 0.1) is 0 Å². The van der Waals surface area contributed by atoms with E-state index < -0.39 is 0 Å². The monoisotopic (exact) mass is 376 g/mol. The molecule has 0 aromatic heterocycles. The molecule has 1 heteroatoms. The summed E-state index contributed by atoms with van der Waals surface area (Å²) in [6.45, 7) is 0. The van der Waals surface area contributed by atoms with Crippen molar-refractivity contribution in [1.82, 2.24) is 0 Å². The third-order valence-corrected chi connectivity index (χ3v) is 6.23. The topological polar surface area (TPSA) is 0 Å². The van der Waals surface area contributed by atoms with Crippen molar-refractivity contribution in [2.75, 3.05) is 0 Å². The predicted octanol–water partition coefficient (Wildman–Crippen LogP) is 7.81. The summed E-state index contributed by atoms with van der Waals surface area (Å²) in [5.41, 5.74) is 6.66. The molecule has 1 unspecified atom stereocenters. The van der Waals surface area contributed by atoms with Crippen molar-refractivity contribution in [3.05, 3.63) is 119 Å². The van der Waals surface area contributed by atoms with Gasteiger partial charge in [0.2, 0.25) is 0 Å². The zero-order chi connectivity index (χ0) is 18.7. The van der Waals surface area contributed by atoms with Crippen LogP contribution < -0.4 is 0 Å². The summed E-state index contributed by atoms with van der Waals surface area (Å²) >= 11 is 6.45. The van der Waals surface area contributed by atoms with Crippen molar-refractivity contribution in [1.29, 1.82) is 0 Å². The maximum Gasteiger partial charge on any atom is 0.0412 e. The maximum absolute atomic E-state index is 6.45. The molecule has 0 aliphatic heterocycles. The van der Waals surface area contributed by atoms with Gasteiger partial charge in [0.15, 0.2) is 0 Å². The van der Waals surface area contributed by atoms with E-state index in [1.54, 1.807) is 0 Å². The fraction of sp³-hybridized carbons (Fsp3) is 0.0370. The van der Waals surface area contributed by atoms with Gasteiger partial charge in [-0.15, -0.1) is 0 Å². The first kappa shape index (κ1) is 15.9. The molecule has 0 nitrogen and oxygen atoms in total. The van der Waals surface area contributed by atoms with Crippen LogP contribution in [0.3, 0.4) is 0 Å². The van der Waals surface area contributed by atoms with Crippen LogP contribution >= 0.6 is 11.6 Å². The Morgan fingerprint density at radius 1 is 0.571 bits per heavy atom. The van der Waals surface area contributed by atoms with Gasteiger partial charge < -0.3 is 0 Å². The molecule has 28 heavy (non-hydrogen) atoms. The first-order chi connectivity index (χ1) is 13.8. The average molecular weight is 377 g/mol. The van der Waals surface area contributed by atoms with Crippen LogP contribution in [-0.2, 0) is 0 Å². The molecule has 0 N–H and O–H groups in total. The molecular weight excluding hydrogens is 360 g/mol. The van der Waals surface area contributed by atoms with Gasteiger partial charge in [0.25, 0.3) is 0 Å². The van der Waals surface area contributed by atoms with Crippen molar-refractivity contribution < 1.29 is 0 Å². The van der Waals surface area contributed by atoms with Gasteiger partial charge in [-0.3, -0.25) is 0 Å². The highest BCUT2D eigenvalue weighted by Gasteiger charge is 2.33. The predicted molar refractivity (Wildman–Crippen MR) is 119 cm³/mol. The van der Waals surface area contributed by atoms with Gasteiger partial charge in [-0.1, -0.05) is 96.5 Å². The van der Waals surface area contributed by atoms with E-state index >= 15 is 0 Å². The van der Waals surface area contributed by atoms with E-state index in [2.05, 4.69) is 91.0 Å². The molecule has 0 saturated carbocycles. The summed E-state index contributed by atoms with van der Waals surface area (Å²) in [6, 6.07) is 34.7. The zero-order valence-corrected chi connectivity index (χ0v) is 15.9. The Morgan fingerprint density at radius 3 is 1.93 bits per heavy atom. The van der Waals surface area contributed by atoms with Crippen molar-refractivity contribution in [2.24, 2.45) is 0 Å². The van der Waals surface area contributed by atoms with E-state index in [0.717, 1.165) is 5.02 Å². The molecule has 0 amide bonds. The lowest BCUT2D eigenvalue weighted by Crippen LogP contribution is -2.00. The van der Waals surface area contributed by atoms with E-state index in [-0.39, 0.29) is 5.92 Å². The van der Waals surface area contributed by atoms with E-state index in [9.17, 15) is 0 Å². The van der Waals surface area contributed by atoms with Crippen LogP contribution in [-0.4, -0.2) is 0 Å². The first-order valence-electron chi connectivity index (χ1n) is 9.61. The van der Waals surface area contributed by atoms with Crippen LogP contribution in [0.25, 0.3) is 32.7 Å². The molecule has 1 aliphatic carbocycles. The van der Waals surface area contributed by atoms with Gasteiger partial charge in [0.1, 0.15) is 0 Å². The van der Waals surface area contributed by atoms with E-state index in [1.165, 1.54) is 49.4 Å². The lowest BCUT2D eigenvalue weighted by molar-refractivity contribution is 1.03. The SMILES string of the molecule is Clc1ccc2c(c1)-c1c(c3ccccc3c3ccccc13)C2c1ccccc1. The quantitative estimate of drug-likeness (QED) is 0.257. The number of hydrogen-bond acceptors (Lipinski definition) is 0. The summed E-state index contributed by atoms with van der Waals surface area (Å²) in [6.07, 6.45) is 0. The van der Waals surface area contributed by atoms with Gasteiger partial charge >= 0.3 is 0 Å². The Morgan fingerprint density at radius 2 is 1.18 bits per heavy atom. The summed E-state index contributed by atoms with van der Waals surface area (Å²) < 4.78 is 0. The van der Waals surface area contributed by atoms with Crippen LogP contribution in [0.15, 0.2) is 97.1 Å². The normalized spacial score (nSPS) is 15.0. The molecule has 5 aromatic carbocycles. The number of benzene rings is 5. The molecular formula is C27H17Cl. The highest BCUT2D eigenvalue weighted by molar-refractivity contribution is 6.31. The second-order valence-electron chi connectivity index (χ2n) is 7.46. The second-order valence-corrected chi connectivity index (χ2v) is 7.89. The summed E-state index contributed by atoms with van der Waals surface area (Å²) in [5, 5.41) is 6.04. The van der Waals surface area contributed by atoms with Gasteiger partial charge in [0, 0.05) is 10.9 Å². The second kappa shape index (κ2) is 5.95. The highest BCUT2D eigenvalue weighted by Crippen LogP contribution is 2.54. The van der Waals surface area contributed by atoms with E-state index in [0.29, 0.717) is 0 Å². The lowest BCUT2D eigenvalue weighted by Gasteiger charge is -2.18. The number of halogens is 1.